The molecule has 0 saturated heterocycles. The summed E-state index contributed by atoms with van der Waals surface area (Å²) < 4.78 is 0. The SMILES string of the molecule is CCCNc1nc(C)nc(Nc2cccc(Cl)c2)c1C. The molecular formula is C15H19ClN4. The fourth-order valence-electron chi connectivity index (χ4n) is 1.87. The summed E-state index contributed by atoms with van der Waals surface area (Å²) in [4.78, 5) is 8.90. The molecule has 1 heterocycles. The third-order valence-corrected chi connectivity index (χ3v) is 3.12. The summed E-state index contributed by atoms with van der Waals surface area (Å²) in [6.07, 6.45) is 1.06. The largest absolute Gasteiger partial charge is 0.370 e. The molecule has 5 heteroatoms. The number of nitrogens with zero attached hydrogens (tertiary/aromatic N) is 2. The van der Waals surface area contributed by atoms with E-state index in [-0.39, 0.29) is 0 Å². The van der Waals surface area contributed by atoms with E-state index in [0.717, 1.165) is 41.7 Å². The van der Waals surface area contributed by atoms with E-state index in [1.165, 1.54) is 0 Å². The fraction of sp³-hybridized carbons (Fsp3) is 0.333. The number of hydrogen-bond donors (Lipinski definition) is 2. The molecule has 0 radical (unpaired) electrons. The van der Waals surface area contributed by atoms with E-state index in [4.69, 9.17) is 11.6 Å². The first-order valence-electron chi connectivity index (χ1n) is 6.72. The first-order chi connectivity index (χ1) is 9.60. The van der Waals surface area contributed by atoms with Gasteiger partial charge in [0, 0.05) is 22.8 Å². The Bertz CT molecular complexity index is 598. The zero-order chi connectivity index (χ0) is 14.5. The average Bonchev–Trinajstić information content (AvgIpc) is 2.41. The van der Waals surface area contributed by atoms with Crippen LogP contribution in [0.2, 0.25) is 5.02 Å². The third-order valence-electron chi connectivity index (χ3n) is 2.89. The Kier molecular flexibility index (Phi) is 4.79. The number of anilines is 3. The molecule has 2 aromatic rings. The summed E-state index contributed by atoms with van der Waals surface area (Å²) in [6, 6.07) is 7.59. The van der Waals surface area contributed by atoms with Crippen LogP contribution in [0.25, 0.3) is 0 Å². The van der Waals surface area contributed by atoms with Gasteiger partial charge in [-0.2, -0.15) is 0 Å². The van der Waals surface area contributed by atoms with Crippen LogP contribution in [0.1, 0.15) is 24.7 Å². The summed E-state index contributed by atoms with van der Waals surface area (Å²) in [5, 5.41) is 7.32. The molecule has 0 atom stereocenters. The normalized spacial score (nSPS) is 10.4. The van der Waals surface area contributed by atoms with Crippen molar-refractivity contribution in [2.75, 3.05) is 17.2 Å². The topological polar surface area (TPSA) is 49.8 Å². The molecule has 0 unspecified atom stereocenters. The molecule has 0 amide bonds. The van der Waals surface area contributed by atoms with E-state index in [9.17, 15) is 0 Å². The Morgan fingerprint density at radius 2 is 1.90 bits per heavy atom. The van der Waals surface area contributed by atoms with Gasteiger partial charge >= 0.3 is 0 Å². The smallest absolute Gasteiger partial charge is 0.139 e. The Labute approximate surface area is 124 Å². The van der Waals surface area contributed by atoms with Gasteiger partial charge in [-0.25, -0.2) is 9.97 Å². The van der Waals surface area contributed by atoms with Gasteiger partial charge in [0.1, 0.15) is 17.5 Å². The summed E-state index contributed by atoms with van der Waals surface area (Å²) in [5.74, 6) is 2.42. The van der Waals surface area contributed by atoms with E-state index < -0.39 is 0 Å². The molecule has 0 saturated carbocycles. The number of hydrogen-bond acceptors (Lipinski definition) is 4. The molecule has 2 N–H and O–H groups in total. The minimum atomic E-state index is 0.697. The van der Waals surface area contributed by atoms with Crippen LogP contribution in [0.15, 0.2) is 24.3 Å². The highest BCUT2D eigenvalue weighted by molar-refractivity contribution is 6.30. The lowest BCUT2D eigenvalue weighted by Gasteiger charge is -2.14. The first kappa shape index (κ1) is 14.6. The van der Waals surface area contributed by atoms with Gasteiger partial charge in [0.05, 0.1) is 0 Å². The molecule has 0 aliphatic heterocycles. The van der Waals surface area contributed by atoms with Crippen molar-refractivity contribution in [3.05, 3.63) is 40.7 Å². The number of aryl methyl sites for hydroxylation is 1. The standard InChI is InChI=1S/C15H19ClN4/c1-4-8-17-14-10(2)15(19-11(3)18-14)20-13-7-5-6-12(16)9-13/h5-7,9H,4,8H2,1-3H3,(H2,17,18,19,20). The lowest BCUT2D eigenvalue weighted by molar-refractivity contribution is 0.948. The van der Waals surface area contributed by atoms with Gasteiger partial charge in [0.25, 0.3) is 0 Å². The van der Waals surface area contributed by atoms with Crippen molar-refractivity contribution in [3.8, 4) is 0 Å². The molecule has 0 aliphatic rings. The molecule has 106 valence electrons. The molecule has 1 aromatic heterocycles. The van der Waals surface area contributed by atoms with E-state index in [2.05, 4.69) is 27.5 Å². The van der Waals surface area contributed by atoms with Crippen molar-refractivity contribution < 1.29 is 0 Å². The fourth-order valence-corrected chi connectivity index (χ4v) is 2.06. The number of rotatable bonds is 5. The molecule has 20 heavy (non-hydrogen) atoms. The molecule has 1 aromatic carbocycles. The zero-order valence-corrected chi connectivity index (χ0v) is 12.8. The van der Waals surface area contributed by atoms with E-state index in [1.54, 1.807) is 0 Å². The van der Waals surface area contributed by atoms with Crippen molar-refractivity contribution in [2.24, 2.45) is 0 Å². The number of aromatic nitrogens is 2. The maximum Gasteiger partial charge on any atom is 0.139 e. The van der Waals surface area contributed by atoms with Crippen LogP contribution in [0.4, 0.5) is 17.3 Å². The highest BCUT2D eigenvalue weighted by Gasteiger charge is 2.09. The molecule has 0 aliphatic carbocycles. The lowest BCUT2D eigenvalue weighted by Crippen LogP contribution is -2.08. The first-order valence-corrected chi connectivity index (χ1v) is 7.09. The lowest BCUT2D eigenvalue weighted by atomic mass is 10.2. The molecule has 0 bridgehead atoms. The number of halogens is 1. The summed E-state index contributed by atoms with van der Waals surface area (Å²) >= 11 is 6.00. The summed E-state index contributed by atoms with van der Waals surface area (Å²) in [5.41, 5.74) is 1.92. The predicted molar refractivity (Wildman–Crippen MR) is 85.0 cm³/mol. The van der Waals surface area contributed by atoms with Gasteiger partial charge in [0.2, 0.25) is 0 Å². The van der Waals surface area contributed by atoms with Gasteiger partial charge in [-0.1, -0.05) is 24.6 Å². The van der Waals surface area contributed by atoms with E-state index in [1.807, 2.05) is 38.1 Å². The maximum absolute atomic E-state index is 6.00. The van der Waals surface area contributed by atoms with Crippen molar-refractivity contribution >= 4 is 28.9 Å². The molecule has 0 fully saturated rings. The highest BCUT2D eigenvalue weighted by atomic mass is 35.5. The quantitative estimate of drug-likeness (QED) is 0.861. The van der Waals surface area contributed by atoms with Crippen molar-refractivity contribution in [1.29, 1.82) is 0 Å². The maximum atomic E-state index is 6.00. The van der Waals surface area contributed by atoms with Gasteiger partial charge < -0.3 is 10.6 Å². The Morgan fingerprint density at radius 3 is 2.60 bits per heavy atom. The van der Waals surface area contributed by atoms with Crippen LogP contribution in [-0.2, 0) is 0 Å². The van der Waals surface area contributed by atoms with Crippen LogP contribution in [0, 0.1) is 13.8 Å². The third kappa shape index (κ3) is 3.61. The van der Waals surface area contributed by atoms with Crippen LogP contribution < -0.4 is 10.6 Å². The van der Waals surface area contributed by atoms with Crippen LogP contribution in [0.3, 0.4) is 0 Å². The van der Waals surface area contributed by atoms with Gasteiger partial charge in [-0.05, 0) is 38.5 Å². The molecular weight excluding hydrogens is 272 g/mol. The second kappa shape index (κ2) is 6.57. The van der Waals surface area contributed by atoms with Gasteiger partial charge in [0.15, 0.2) is 0 Å². The van der Waals surface area contributed by atoms with Gasteiger partial charge in [-0.3, -0.25) is 0 Å². The monoisotopic (exact) mass is 290 g/mol. The summed E-state index contributed by atoms with van der Waals surface area (Å²) in [7, 11) is 0. The average molecular weight is 291 g/mol. The van der Waals surface area contributed by atoms with Crippen LogP contribution >= 0.6 is 11.6 Å². The minimum absolute atomic E-state index is 0.697. The highest BCUT2D eigenvalue weighted by Crippen LogP contribution is 2.24. The van der Waals surface area contributed by atoms with Crippen molar-refractivity contribution in [2.45, 2.75) is 27.2 Å². The Morgan fingerprint density at radius 1 is 1.15 bits per heavy atom. The van der Waals surface area contributed by atoms with E-state index in [0.29, 0.717) is 5.02 Å². The zero-order valence-electron chi connectivity index (χ0n) is 12.0. The Hall–Kier alpha value is -1.81. The van der Waals surface area contributed by atoms with Gasteiger partial charge in [-0.15, -0.1) is 0 Å². The van der Waals surface area contributed by atoms with Crippen molar-refractivity contribution in [1.82, 2.24) is 9.97 Å². The number of nitrogens with one attached hydrogen (secondary N) is 2. The molecule has 4 nitrogen and oxygen atoms in total. The Balaban J connectivity index is 2.29. The second-order valence-corrected chi connectivity index (χ2v) is 5.09. The molecule has 0 spiro atoms. The number of benzene rings is 1. The van der Waals surface area contributed by atoms with Crippen LogP contribution in [0.5, 0.6) is 0 Å². The second-order valence-electron chi connectivity index (χ2n) is 4.66. The van der Waals surface area contributed by atoms with Crippen LogP contribution in [-0.4, -0.2) is 16.5 Å². The van der Waals surface area contributed by atoms with E-state index >= 15 is 0 Å². The molecule has 2 rings (SSSR count). The predicted octanol–water partition coefficient (Wildman–Crippen LogP) is 4.31. The van der Waals surface area contributed by atoms with Crippen molar-refractivity contribution in [3.63, 3.8) is 0 Å². The summed E-state index contributed by atoms with van der Waals surface area (Å²) in [6.45, 7) is 6.92. The minimum Gasteiger partial charge on any atom is -0.370 e.